The maximum Gasteiger partial charge on any atom is 0.311 e. The summed E-state index contributed by atoms with van der Waals surface area (Å²) < 4.78 is 11.3. The Morgan fingerprint density at radius 1 is 0.852 bits per heavy atom. The van der Waals surface area contributed by atoms with Gasteiger partial charge in [0.15, 0.2) is 0 Å². The van der Waals surface area contributed by atoms with Crippen LogP contribution < -0.4 is 9.47 Å². The number of carbonyl (C=O) groups excluding carboxylic acids is 1. The number of carbonyl (C=O) groups is 1. The van der Waals surface area contributed by atoms with E-state index in [0.717, 1.165) is 11.3 Å². The third kappa shape index (κ3) is 6.42. The van der Waals surface area contributed by atoms with Crippen LogP contribution in [0.4, 0.5) is 0 Å². The van der Waals surface area contributed by atoms with Gasteiger partial charge in [-0.15, -0.1) is 0 Å². The van der Waals surface area contributed by atoms with Crippen molar-refractivity contribution in [1.29, 1.82) is 0 Å². The maximum absolute atomic E-state index is 12.2. The minimum absolute atomic E-state index is 0.0702. The minimum Gasteiger partial charge on any atom is -0.494 e. The molecule has 0 aliphatic heterocycles. The summed E-state index contributed by atoms with van der Waals surface area (Å²) in [6.45, 7) is 13.4. The number of benzene rings is 2. The predicted octanol–water partition coefficient (Wildman–Crippen LogP) is 6.05. The van der Waals surface area contributed by atoms with Gasteiger partial charge in [-0.2, -0.15) is 0 Å². The van der Waals surface area contributed by atoms with Crippen LogP contribution in [-0.2, 0) is 15.6 Å². The zero-order valence-corrected chi connectivity index (χ0v) is 17.5. The number of hydrogen-bond acceptors (Lipinski definition) is 3. The van der Waals surface area contributed by atoms with E-state index in [9.17, 15) is 4.79 Å². The molecule has 2 aromatic carbocycles. The Labute approximate surface area is 163 Å². The minimum atomic E-state index is -0.224. The number of esters is 1. The molecule has 0 radical (unpaired) electrons. The molecule has 0 saturated carbocycles. The summed E-state index contributed by atoms with van der Waals surface area (Å²) in [7, 11) is 0. The molecule has 0 saturated heterocycles. The molecule has 0 fully saturated rings. The molecule has 0 aliphatic rings. The van der Waals surface area contributed by atoms with Crippen molar-refractivity contribution in [2.45, 2.75) is 65.2 Å². The maximum atomic E-state index is 12.2. The smallest absolute Gasteiger partial charge is 0.311 e. The summed E-state index contributed by atoms with van der Waals surface area (Å²) in [6.07, 6.45) is 0.954. The monoisotopic (exact) mass is 368 g/mol. The van der Waals surface area contributed by atoms with E-state index in [1.165, 1.54) is 5.56 Å². The van der Waals surface area contributed by atoms with E-state index in [0.29, 0.717) is 25.2 Å². The first kappa shape index (κ1) is 21.0. The molecule has 0 unspecified atom stereocenters. The summed E-state index contributed by atoms with van der Waals surface area (Å²) in [6, 6.07) is 15.9. The van der Waals surface area contributed by atoms with E-state index in [-0.39, 0.29) is 16.8 Å². The van der Waals surface area contributed by atoms with Gasteiger partial charge in [-0.25, -0.2) is 0 Å². The first-order valence-electron chi connectivity index (χ1n) is 9.61. The summed E-state index contributed by atoms with van der Waals surface area (Å²) in [5, 5.41) is 0. The summed E-state index contributed by atoms with van der Waals surface area (Å²) in [5.41, 5.74) is 2.37. The van der Waals surface area contributed by atoms with Crippen molar-refractivity contribution in [3.05, 3.63) is 59.7 Å². The van der Waals surface area contributed by atoms with Crippen molar-refractivity contribution in [2.75, 3.05) is 6.61 Å². The predicted molar refractivity (Wildman–Crippen MR) is 111 cm³/mol. The molecule has 3 heteroatoms. The molecule has 0 heterocycles. The van der Waals surface area contributed by atoms with E-state index >= 15 is 0 Å². The Kier molecular flexibility index (Phi) is 6.69. The molecule has 0 atom stereocenters. The summed E-state index contributed by atoms with van der Waals surface area (Å²) >= 11 is 0. The first-order valence-corrected chi connectivity index (χ1v) is 9.61. The SMILES string of the molecule is CC(C)(C)c1ccc(OCCCC(=O)Oc2ccccc2C(C)(C)C)cc1. The number of rotatable bonds is 6. The lowest BCUT2D eigenvalue weighted by atomic mass is 9.86. The van der Waals surface area contributed by atoms with Crippen LogP contribution >= 0.6 is 0 Å². The quantitative estimate of drug-likeness (QED) is 0.354. The highest BCUT2D eigenvalue weighted by Crippen LogP contribution is 2.31. The topological polar surface area (TPSA) is 35.5 Å². The zero-order chi connectivity index (χ0) is 20.1. The van der Waals surface area contributed by atoms with Crippen LogP contribution in [0.2, 0.25) is 0 Å². The molecule has 0 aromatic heterocycles. The second kappa shape index (κ2) is 8.60. The molecule has 0 aliphatic carbocycles. The van der Waals surface area contributed by atoms with Gasteiger partial charge in [0, 0.05) is 12.0 Å². The average molecular weight is 369 g/mol. The van der Waals surface area contributed by atoms with Gasteiger partial charge < -0.3 is 9.47 Å². The normalized spacial score (nSPS) is 11.9. The second-order valence-corrected chi connectivity index (χ2v) is 8.95. The first-order chi connectivity index (χ1) is 12.6. The molecule has 2 aromatic rings. The van der Waals surface area contributed by atoms with Gasteiger partial charge >= 0.3 is 5.97 Å². The van der Waals surface area contributed by atoms with Gasteiger partial charge in [0.2, 0.25) is 0 Å². The lowest BCUT2D eigenvalue weighted by Gasteiger charge is -2.22. The highest BCUT2D eigenvalue weighted by molar-refractivity contribution is 5.72. The molecule has 3 nitrogen and oxygen atoms in total. The van der Waals surface area contributed by atoms with Gasteiger partial charge in [0.1, 0.15) is 11.5 Å². The number of hydrogen-bond donors (Lipinski definition) is 0. The third-order valence-corrected chi connectivity index (χ3v) is 4.43. The Morgan fingerprint density at radius 2 is 1.48 bits per heavy atom. The molecule has 0 amide bonds. The summed E-state index contributed by atoms with van der Waals surface area (Å²) in [5.74, 6) is 1.25. The molecule has 0 spiro atoms. The van der Waals surface area contributed by atoms with E-state index in [4.69, 9.17) is 9.47 Å². The zero-order valence-electron chi connectivity index (χ0n) is 17.5. The fourth-order valence-electron chi connectivity index (χ4n) is 2.81. The van der Waals surface area contributed by atoms with Crippen LogP contribution in [0.3, 0.4) is 0 Å². The van der Waals surface area contributed by atoms with Gasteiger partial charge in [0.25, 0.3) is 0 Å². The standard InChI is InChI=1S/C24H32O3/c1-23(2,3)18-13-15-19(16-14-18)26-17-9-12-22(25)27-21-11-8-7-10-20(21)24(4,5)6/h7-8,10-11,13-16H,9,12,17H2,1-6H3. The molecule has 27 heavy (non-hydrogen) atoms. The largest absolute Gasteiger partial charge is 0.494 e. The van der Waals surface area contributed by atoms with Crippen LogP contribution in [-0.4, -0.2) is 12.6 Å². The highest BCUT2D eigenvalue weighted by Gasteiger charge is 2.20. The number of ether oxygens (including phenoxy) is 2. The third-order valence-electron chi connectivity index (χ3n) is 4.43. The lowest BCUT2D eigenvalue weighted by molar-refractivity contribution is -0.134. The van der Waals surface area contributed by atoms with Crippen LogP contribution in [0.25, 0.3) is 0 Å². The van der Waals surface area contributed by atoms with Crippen LogP contribution in [0.1, 0.15) is 65.5 Å². The van der Waals surface area contributed by atoms with E-state index in [2.05, 4.69) is 53.7 Å². The molecule has 2 rings (SSSR count). The summed E-state index contributed by atoms with van der Waals surface area (Å²) in [4.78, 5) is 12.2. The highest BCUT2D eigenvalue weighted by atomic mass is 16.5. The van der Waals surface area contributed by atoms with E-state index in [1.54, 1.807) is 0 Å². The van der Waals surface area contributed by atoms with Gasteiger partial charge in [-0.05, 0) is 41.0 Å². The van der Waals surface area contributed by atoms with Gasteiger partial charge in [-0.1, -0.05) is 71.9 Å². The van der Waals surface area contributed by atoms with Crippen molar-refractivity contribution in [3.63, 3.8) is 0 Å². The van der Waals surface area contributed by atoms with E-state index < -0.39 is 0 Å². The van der Waals surface area contributed by atoms with Crippen LogP contribution in [0, 0.1) is 0 Å². The number of para-hydroxylation sites is 1. The fourth-order valence-corrected chi connectivity index (χ4v) is 2.81. The molecule has 0 bridgehead atoms. The fraction of sp³-hybridized carbons (Fsp3) is 0.458. The van der Waals surface area contributed by atoms with Crippen LogP contribution in [0.15, 0.2) is 48.5 Å². The Bertz CT molecular complexity index is 746. The van der Waals surface area contributed by atoms with E-state index in [1.807, 2.05) is 36.4 Å². The second-order valence-electron chi connectivity index (χ2n) is 8.95. The van der Waals surface area contributed by atoms with Gasteiger partial charge in [-0.3, -0.25) is 4.79 Å². The molecule has 146 valence electrons. The van der Waals surface area contributed by atoms with Crippen LogP contribution in [0.5, 0.6) is 11.5 Å². The van der Waals surface area contributed by atoms with Crippen molar-refractivity contribution < 1.29 is 14.3 Å². The molecular formula is C24H32O3. The Balaban J connectivity index is 1.80. The lowest BCUT2D eigenvalue weighted by Crippen LogP contribution is -2.16. The van der Waals surface area contributed by atoms with Crippen molar-refractivity contribution in [1.82, 2.24) is 0 Å². The van der Waals surface area contributed by atoms with Gasteiger partial charge in [0.05, 0.1) is 6.61 Å². The van der Waals surface area contributed by atoms with Crippen molar-refractivity contribution in [3.8, 4) is 11.5 Å². The van der Waals surface area contributed by atoms with Crippen molar-refractivity contribution >= 4 is 5.97 Å². The average Bonchev–Trinajstić information content (AvgIpc) is 2.58. The molecule has 0 N–H and O–H groups in total. The van der Waals surface area contributed by atoms with Crippen molar-refractivity contribution in [2.24, 2.45) is 0 Å². The Hall–Kier alpha value is -2.29. The molecular weight excluding hydrogens is 336 g/mol. The Morgan fingerprint density at radius 3 is 2.07 bits per heavy atom.